The third kappa shape index (κ3) is 44.4. The Morgan fingerprint density at radius 3 is 1.15 bits per heavy atom. The van der Waals surface area contributed by atoms with E-state index in [-0.39, 0.29) is 18.9 Å². The van der Waals surface area contributed by atoms with Crippen molar-refractivity contribution in [2.45, 2.75) is 357 Å². The molecule has 1 amide bonds. The van der Waals surface area contributed by atoms with E-state index in [1.807, 2.05) is 6.08 Å². The summed E-state index contributed by atoms with van der Waals surface area (Å²) in [6, 6.07) is -0.923. The molecule has 0 bridgehead atoms. The fourth-order valence-electron chi connectivity index (χ4n) is 11.6. The number of rotatable bonds is 60. The summed E-state index contributed by atoms with van der Waals surface area (Å²) < 4.78 is 22.9. The second-order valence-electron chi connectivity index (χ2n) is 25.7. The first-order valence-electron chi connectivity index (χ1n) is 37.1. The van der Waals surface area contributed by atoms with Crippen LogP contribution in [0.15, 0.2) is 109 Å². The summed E-state index contributed by atoms with van der Waals surface area (Å²) >= 11 is 0. The molecule has 9 N–H and O–H groups in total. The predicted octanol–water partition coefficient (Wildman–Crippen LogP) is 15.9. The lowest BCUT2D eigenvalue weighted by Crippen LogP contribution is -2.65. The molecule has 2 fully saturated rings. The van der Waals surface area contributed by atoms with Gasteiger partial charge >= 0.3 is 0 Å². The predicted molar refractivity (Wildman–Crippen MR) is 378 cm³/mol. The number of aliphatic hydroxyl groups excluding tert-OH is 8. The number of allylic oxidation sites excluding steroid dienone is 17. The lowest BCUT2D eigenvalue weighted by atomic mass is 9.97. The number of unbranched alkanes of at least 4 members (excludes halogenated alkanes) is 31. The van der Waals surface area contributed by atoms with Crippen LogP contribution in [0.5, 0.6) is 0 Å². The van der Waals surface area contributed by atoms with Gasteiger partial charge in [0.25, 0.3) is 0 Å². The normalized spacial score (nSPS) is 23.3. The molecule has 2 aliphatic rings. The van der Waals surface area contributed by atoms with E-state index in [9.17, 15) is 45.6 Å². The van der Waals surface area contributed by atoms with Gasteiger partial charge in [0.05, 0.1) is 32.0 Å². The average Bonchev–Trinajstić information content (AvgIpc) is 0.915. The first-order valence-corrected chi connectivity index (χ1v) is 37.1. The molecule has 12 atom stereocenters. The second-order valence-corrected chi connectivity index (χ2v) is 25.7. The van der Waals surface area contributed by atoms with Crippen LogP contribution in [-0.4, -0.2) is 140 Å². The van der Waals surface area contributed by atoms with Crippen molar-refractivity contribution in [2.24, 2.45) is 0 Å². The number of nitrogens with one attached hydrogen (secondary N) is 1. The van der Waals surface area contributed by atoms with E-state index in [4.69, 9.17) is 18.9 Å². The lowest BCUT2D eigenvalue weighted by molar-refractivity contribution is -0.359. The quantitative estimate of drug-likeness (QED) is 0.0204. The van der Waals surface area contributed by atoms with Gasteiger partial charge in [0.1, 0.15) is 48.8 Å². The first-order chi connectivity index (χ1) is 45.1. The van der Waals surface area contributed by atoms with Gasteiger partial charge in [0, 0.05) is 6.42 Å². The molecule has 0 saturated carbocycles. The van der Waals surface area contributed by atoms with Gasteiger partial charge in [-0.3, -0.25) is 4.79 Å². The van der Waals surface area contributed by atoms with Crippen LogP contribution in [0, 0.1) is 0 Å². The summed E-state index contributed by atoms with van der Waals surface area (Å²) in [5.41, 5.74) is 0. The van der Waals surface area contributed by atoms with E-state index in [1.165, 1.54) is 161 Å². The monoisotopic (exact) mass is 1290 g/mol. The topological polar surface area (TPSA) is 228 Å². The maximum Gasteiger partial charge on any atom is 0.220 e. The molecule has 530 valence electrons. The molecule has 12 unspecified atom stereocenters. The minimum Gasteiger partial charge on any atom is -0.394 e. The highest BCUT2D eigenvalue weighted by atomic mass is 16.7. The Bertz CT molecular complexity index is 1960. The molecule has 0 aliphatic carbocycles. The number of amides is 1. The molecule has 2 rings (SSSR count). The van der Waals surface area contributed by atoms with E-state index >= 15 is 0 Å². The third-order valence-electron chi connectivity index (χ3n) is 17.5. The van der Waals surface area contributed by atoms with Gasteiger partial charge in [0.15, 0.2) is 12.6 Å². The Hall–Kier alpha value is -3.35. The molecule has 0 radical (unpaired) electrons. The van der Waals surface area contributed by atoms with Crippen LogP contribution in [0.3, 0.4) is 0 Å². The number of aliphatic hydroxyl groups is 8. The molecule has 14 heteroatoms. The molecule has 0 aromatic heterocycles. The molecule has 92 heavy (non-hydrogen) atoms. The minimum atomic E-state index is -1.79. The van der Waals surface area contributed by atoms with Crippen LogP contribution in [0.1, 0.15) is 284 Å². The summed E-state index contributed by atoms with van der Waals surface area (Å²) in [5, 5.41) is 87.5. The van der Waals surface area contributed by atoms with Crippen molar-refractivity contribution in [2.75, 3.05) is 19.8 Å². The highest BCUT2D eigenvalue weighted by Crippen LogP contribution is 2.30. The zero-order valence-corrected chi connectivity index (χ0v) is 57.8. The lowest BCUT2D eigenvalue weighted by Gasteiger charge is -2.46. The fourth-order valence-corrected chi connectivity index (χ4v) is 11.6. The van der Waals surface area contributed by atoms with E-state index in [1.54, 1.807) is 6.08 Å². The largest absolute Gasteiger partial charge is 0.394 e. The van der Waals surface area contributed by atoms with Gasteiger partial charge in [-0.25, -0.2) is 0 Å². The number of ether oxygens (including phenoxy) is 4. The molecule has 2 saturated heterocycles. The van der Waals surface area contributed by atoms with Gasteiger partial charge in [-0.05, 0) is 83.5 Å². The van der Waals surface area contributed by atoms with Crippen LogP contribution in [0.2, 0.25) is 0 Å². The highest BCUT2D eigenvalue weighted by molar-refractivity contribution is 5.76. The number of hydrogen-bond acceptors (Lipinski definition) is 13. The van der Waals surface area contributed by atoms with Gasteiger partial charge in [0.2, 0.25) is 5.91 Å². The molecule has 0 aromatic carbocycles. The summed E-state index contributed by atoms with van der Waals surface area (Å²) in [5.74, 6) is -0.243. The minimum absolute atomic E-state index is 0.243. The third-order valence-corrected chi connectivity index (χ3v) is 17.5. The van der Waals surface area contributed by atoms with E-state index in [0.717, 1.165) is 96.3 Å². The van der Waals surface area contributed by atoms with Crippen molar-refractivity contribution in [3.63, 3.8) is 0 Å². The first kappa shape index (κ1) is 84.7. The van der Waals surface area contributed by atoms with Gasteiger partial charge < -0.3 is 65.1 Å². The Morgan fingerprint density at radius 2 is 0.750 bits per heavy atom. The van der Waals surface area contributed by atoms with Crippen LogP contribution in [-0.2, 0) is 23.7 Å². The molecule has 2 heterocycles. The Morgan fingerprint density at radius 1 is 0.402 bits per heavy atom. The number of carbonyl (C=O) groups excluding carboxylic acids is 1. The van der Waals surface area contributed by atoms with Crippen molar-refractivity contribution in [3.05, 3.63) is 109 Å². The maximum atomic E-state index is 13.4. The summed E-state index contributed by atoms with van der Waals surface area (Å²) in [6.07, 6.45) is 71.4. The molecule has 0 aromatic rings. The maximum absolute atomic E-state index is 13.4. The Kier molecular flexibility index (Phi) is 56.4. The standard InChI is InChI=1S/C78H135NO13/c1-3-5-7-9-11-13-15-17-19-21-23-25-26-27-28-29-30-31-32-33-34-35-36-37-38-39-40-42-44-46-48-50-52-54-56-58-60-62-70(83)79-66(67(82)61-59-57-55-53-51-49-47-45-43-41-24-22-20-18-16-14-12-10-8-6-4-2)65-89-77-75(88)73(86)76(69(64-81)91-77)92-78-74(87)72(85)71(84)68(63-80)90-78/h5,7,11,13,17,19,23,25,27-28,30-31,33-34,36-37,59,61,66-69,71-78,80-82,84-88H,3-4,6,8-10,12,14-16,18,20-22,24,26,29,32,35,38-58,60,62-65H2,1-2H3,(H,79,83)/b7-5-,13-11-,19-17-,25-23-,28-27-,31-30-,34-33-,37-36-,61-59+. The van der Waals surface area contributed by atoms with Crippen molar-refractivity contribution in [3.8, 4) is 0 Å². The second kappa shape index (κ2) is 61.3. The van der Waals surface area contributed by atoms with E-state index in [2.05, 4.69) is 116 Å². The number of hydrogen-bond donors (Lipinski definition) is 9. The van der Waals surface area contributed by atoms with Crippen LogP contribution < -0.4 is 5.32 Å². The fraction of sp³-hybridized carbons (Fsp3) is 0.756. The molecular formula is C78H135NO13. The van der Waals surface area contributed by atoms with Gasteiger partial charge in [-0.1, -0.05) is 303 Å². The zero-order chi connectivity index (χ0) is 66.6. The number of carbonyl (C=O) groups is 1. The average molecular weight is 1290 g/mol. The molecule has 0 spiro atoms. The summed E-state index contributed by atoms with van der Waals surface area (Å²) in [7, 11) is 0. The van der Waals surface area contributed by atoms with Crippen molar-refractivity contribution >= 4 is 5.91 Å². The van der Waals surface area contributed by atoms with E-state index < -0.39 is 86.8 Å². The zero-order valence-electron chi connectivity index (χ0n) is 57.8. The summed E-state index contributed by atoms with van der Waals surface area (Å²) in [6.45, 7) is 2.71. The van der Waals surface area contributed by atoms with Crippen molar-refractivity contribution in [1.29, 1.82) is 0 Å². The Labute approximate surface area is 559 Å². The summed E-state index contributed by atoms with van der Waals surface area (Å²) in [4.78, 5) is 13.4. The van der Waals surface area contributed by atoms with Crippen LogP contribution in [0.4, 0.5) is 0 Å². The van der Waals surface area contributed by atoms with Gasteiger partial charge in [-0.2, -0.15) is 0 Å². The molecule has 14 nitrogen and oxygen atoms in total. The highest BCUT2D eigenvalue weighted by Gasteiger charge is 2.51. The van der Waals surface area contributed by atoms with E-state index in [0.29, 0.717) is 6.42 Å². The van der Waals surface area contributed by atoms with Crippen LogP contribution >= 0.6 is 0 Å². The van der Waals surface area contributed by atoms with Gasteiger partial charge in [-0.15, -0.1) is 0 Å². The molecule has 2 aliphatic heterocycles. The van der Waals surface area contributed by atoms with Crippen molar-refractivity contribution in [1.82, 2.24) is 5.32 Å². The molecular weight excluding hydrogens is 1160 g/mol. The van der Waals surface area contributed by atoms with Crippen LogP contribution in [0.25, 0.3) is 0 Å². The smallest absolute Gasteiger partial charge is 0.220 e. The van der Waals surface area contributed by atoms with Crippen molar-refractivity contribution < 1.29 is 64.6 Å². The SMILES string of the molecule is CC/C=C\C/C=C\C/C=C\C/C=C\C/C=C\C/C=C\C/C=C\C/C=C\CCCCCCCCCCCCCCC(=O)NC(COC1OC(CO)C(OC2OC(CO)C(O)C(O)C2O)C(O)C1O)C(O)/C=C/CCCCCCCCCCCCCCCCCCCCC. The Balaban J connectivity index is 1.64.